The van der Waals surface area contributed by atoms with E-state index in [-0.39, 0.29) is 5.41 Å². The Labute approximate surface area is 173 Å². The summed E-state index contributed by atoms with van der Waals surface area (Å²) in [6.07, 6.45) is 8.92. The first-order valence-electron chi connectivity index (χ1n) is 9.90. The Bertz CT molecular complexity index is 999. The molecule has 0 aliphatic heterocycles. The van der Waals surface area contributed by atoms with Gasteiger partial charge in [-0.15, -0.1) is 10.5 Å². The molecule has 0 radical (unpaired) electrons. The van der Waals surface area contributed by atoms with E-state index in [1.807, 2.05) is 37.4 Å². The smallest absolute Gasteiger partial charge is 0.292 e. The Morgan fingerprint density at radius 1 is 1.00 bits per heavy atom. The lowest BCUT2D eigenvalue weighted by Gasteiger charge is -2.26. The Kier molecular flexibility index (Phi) is 5.95. The van der Waals surface area contributed by atoms with E-state index in [9.17, 15) is 0 Å². The van der Waals surface area contributed by atoms with E-state index in [4.69, 9.17) is 20.0 Å². The molecule has 0 fully saturated rings. The summed E-state index contributed by atoms with van der Waals surface area (Å²) < 4.78 is 10.2. The van der Waals surface area contributed by atoms with Crippen LogP contribution in [0.3, 0.4) is 0 Å². The van der Waals surface area contributed by atoms with Crippen molar-refractivity contribution in [3.8, 4) is 24.0 Å². The minimum atomic E-state index is -0.113. The summed E-state index contributed by atoms with van der Waals surface area (Å²) in [5.41, 5.74) is 5.78. The maximum absolute atomic E-state index is 9.03. The molecule has 1 aliphatic rings. The van der Waals surface area contributed by atoms with Crippen molar-refractivity contribution in [2.24, 2.45) is 0 Å². The molecule has 0 saturated heterocycles. The number of benzene rings is 2. The van der Waals surface area contributed by atoms with E-state index < -0.39 is 0 Å². The first kappa shape index (κ1) is 20.5. The van der Waals surface area contributed by atoms with Gasteiger partial charge in [0.05, 0.1) is 0 Å². The van der Waals surface area contributed by atoms with Crippen molar-refractivity contribution in [1.29, 1.82) is 10.5 Å². The Morgan fingerprint density at radius 2 is 1.69 bits per heavy atom. The third-order valence-electron chi connectivity index (χ3n) is 5.53. The van der Waals surface area contributed by atoms with Crippen molar-refractivity contribution in [1.82, 2.24) is 0 Å². The lowest BCUT2D eigenvalue weighted by atomic mass is 9.79. The van der Waals surface area contributed by atoms with Crippen LogP contribution in [0.25, 0.3) is 5.57 Å². The van der Waals surface area contributed by atoms with Gasteiger partial charge in [-0.3, -0.25) is 0 Å². The van der Waals surface area contributed by atoms with Crippen LogP contribution in [0, 0.1) is 30.0 Å². The van der Waals surface area contributed by atoms with E-state index in [1.54, 1.807) is 6.26 Å². The molecule has 148 valence electrons. The number of hydrogen-bond acceptors (Lipinski definition) is 4. The van der Waals surface area contributed by atoms with Gasteiger partial charge in [0.1, 0.15) is 11.5 Å². The van der Waals surface area contributed by atoms with Crippen molar-refractivity contribution >= 4 is 5.57 Å². The van der Waals surface area contributed by atoms with Gasteiger partial charge in [-0.25, -0.2) is 0 Å². The Balaban J connectivity index is 1.85. The number of ether oxygens (including phenoxy) is 2. The lowest BCUT2D eigenvalue weighted by Crippen LogP contribution is -2.14. The normalized spacial score (nSPS) is 16.3. The monoisotopic (exact) mass is 386 g/mol. The van der Waals surface area contributed by atoms with Crippen LogP contribution in [0.2, 0.25) is 0 Å². The van der Waals surface area contributed by atoms with E-state index in [0.29, 0.717) is 17.4 Å². The van der Waals surface area contributed by atoms with Gasteiger partial charge in [0, 0.05) is 5.56 Å². The van der Waals surface area contributed by atoms with Crippen molar-refractivity contribution in [3.05, 3.63) is 64.7 Å². The van der Waals surface area contributed by atoms with Gasteiger partial charge in [-0.05, 0) is 84.0 Å². The van der Waals surface area contributed by atoms with Crippen LogP contribution < -0.4 is 9.47 Å². The van der Waals surface area contributed by atoms with Crippen LogP contribution in [0.1, 0.15) is 68.2 Å². The summed E-state index contributed by atoms with van der Waals surface area (Å²) >= 11 is 0. The highest BCUT2D eigenvalue weighted by Crippen LogP contribution is 2.41. The van der Waals surface area contributed by atoms with Crippen LogP contribution in [0.5, 0.6) is 11.5 Å². The molecule has 1 atom stereocenters. The molecule has 29 heavy (non-hydrogen) atoms. The van der Waals surface area contributed by atoms with E-state index >= 15 is 0 Å². The quantitative estimate of drug-likeness (QED) is 0.573. The molecule has 0 aromatic heterocycles. The molecule has 0 N–H and O–H groups in total. The topological polar surface area (TPSA) is 66.0 Å². The second-order valence-corrected chi connectivity index (χ2v) is 8.58. The fourth-order valence-corrected chi connectivity index (χ4v) is 3.96. The van der Waals surface area contributed by atoms with Gasteiger partial charge >= 0.3 is 0 Å². The predicted molar refractivity (Wildman–Crippen MR) is 113 cm³/mol. The number of hydrogen-bond donors (Lipinski definition) is 0. The first-order valence-corrected chi connectivity index (χ1v) is 9.90. The molecule has 3 rings (SSSR count). The SMILES string of the molecule is Cc1cc(C2=CCC(c3ccc(OC#N)cc3)CC2)cc(C(C)(C)C)c1OC#N. The number of nitriles is 2. The molecule has 0 bridgehead atoms. The maximum Gasteiger partial charge on any atom is 0.292 e. The molecule has 1 unspecified atom stereocenters. The number of allylic oxidation sites excluding steroid dienone is 2. The number of aryl methyl sites for hydroxylation is 1. The molecule has 4 heteroatoms. The molecule has 1 aliphatic carbocycles. The van der Waals surface area contributed by atoms with Crippen molar-refractivity contribution in [2.75, 3.05) is 0 Å². The number of nitrogens with zero attached hydrogens (tertiary/aromatic N) is 2. The zero-order valence-corrected chi connectivity index (χ0v) is 17.5. The van der Waals surface area contributed by atoms with Gasteiger partial charge in [0.25, 0.3) is 12.5 Å². The summed E-state index contributed by atoms with van der Waals surface area (Å²) in [6, 6.07) is 12.1. The second-order valence-electron chi connectivity index (χ2n) is 8.58. The molecule has 4 nitrogen and oxygen atoms in total. The van der Waals surface area contributed by atoms with Gasteiger partial charge < -0.3 is 9.47 Å². The van der Waals surface area contributed by atoms with Crippen LogP contribution >= 0.6 is 0 Å². The second kappa shape index (κ2) is 8.41. The fourth-order valence-electron chi connectivity index (χ4n) is 3.96. The molecule has 0 spiro atoms. The minimum Gasteiger partial charge on any atom is -0.388 e. The number of rotatable bonds is 4. The molecular formula is C25H26N2O2. The Hall–Kier alpha value is -3.24. The molecule has 0 saturated carbocycles. The molecular weight excluding hydrogens is 360 g/mol. The summed E-state index contributed by atoms with van der Waals surface area (Å²) in [4.78, 5) is 0. The van der Waals surface area contributed by atoms with Crippen LogP contribution in [-0.2, 0) is 5.41 Å². The van der Waals surface area contributed by atoms with E-state index in [0.717, 1.165) is 30.4 Å². The fraction of sp³-hybridized carbons (Fsp3) is 0.360. The third kappa shape index (κ3) is 4.61. The van der Waals surface area contributed by atoms with Gasteiger partial charge in [0.2, 0.25) is 0 Å². The highest BCUT2D eigenvalue weighted by molar-refractivity contribution is 5.70. The van der Waals surface area contributed by atoms with Gasteiger partial charge in [-0.2, -0.15) is 0 Å². The summed E-state index contributed by atoms with van der Waals surface area (Å²) in [5.74, 6) is 1.73. The third-order valence-corrected chi connectivity index (χ3v) is 5.53. The minimum absolute atomic E-state index is 0.113. The van der Waals surface area contributed by atoms with Crippen LogP contribution in [-0.4, -0.2) is 0 Å². The van der Waals surface area contributed by atoms with Gasteiger partial charge in [0.15, 0.2) is 0 Å². The average molecular weight is 386 g/mol. The van der Waals surface area contributed by atoms with Crippen molar-refractivity contribution in [2.45, 2.75) is 58.3 Å². The largest absolute Gasteiger partial charge is 0.388 e. The molecule has 2 aromatic rings. The molecule has 0 heterocycles. The van der Waals surface area contributed by atoms with Crippen molar-refractivity contribution < 1.29 is 9.47 Å². The van der Waals surface area contributed by atoms with Crippen molar-refractivity contribution in [3.63, 3.8) is 0 Å². The maximum atomic E-state index is 9.03. The zero-order chi connectivity index (χ0) is 21.0. The van der Waals surface area contributed by atoms with Crippen LogP contribution in [0.4, 0.5) is 0 Å². The predicted octanol–water partition coefficient (Wildman–Crippen LogP) is 6.36. The zero-order valence-electron chi connectivity index (χ0n) is 17.5. The molecule has 2 aromatic carbocycles. The molecule has 0 amide bonds. The van der Waals surface area contributed by atoms with E-state index in [1.165, 1.54) is 16.7 Å². The first-order chi connectivity index (χ1) is 13.8. The lowest BCUT2D eigenvalue weighted by molar-refractivity contribution is 0.470. The highest BCUT2D eigenvalue weighted by atomic mass is 16.5. The summed E-state index contributed by atoms with van der Waals surface area (Å²) in [5, 5.41) is 17.6. The van der Waals surface area contributed by atoms with Crippen LogP contribution in [0.15, 0.2) is 42.5 Å². The van der Waals surface area contributed by atoms with E-state index in [2.05, 4.69) is 39.0 Å². The summed E-state index contributed by atoms with van der Waals surface area (Å²) in [7, 11) is 0. The Morgan fingerprint density at radius 3 is 2.24 bits per heavy atom. The standard InChI is InChI=1S/C25H26N2O2/c1-17-13-21(14-23(25(2,3)4)24(17)29-16-27)20-7-5-18(6-8-20)19-9-11-22(12-10-19)28-15-26/h7,9-14,18H,5-6,8H2,1-4H3. The van der Waals surface area contributed by atoms with Gasteiger partial charge in [-0.1, -0.05) is 39.0 Å². The summed E-state index contributed by atoms with van der Waals surface area (Å²) in [6.45, 7) is 8.42. The highest BCUT2D eigenvalue weighted by Gasteiger charge is 2.24. The average Bonchev–Trinajstić information content (AvgIpc) is 2.69.